The number of pyridine rings is 1. The molecule has 0 fully saturated rings. The van der Waals surface area contributed by atoms with Crippen molar-refractivity contribution in [2.45, 2.75) is 6.92 Å². The fraction of sp³-hybridized carbons (Fsp3) is 0.143. The summed E-state index contributed by atoms with van der Waals surface area (Å²) < 4.78 is 10.4. The molecule has 4 nitrogen and oxygen atoms in total. The van der Waals surface area contributed by atoms with Gasteiger partial charge in [0.15, 0.2) is 0 Å². The average Bonchev–Trinajstić information content (AvgIpc) is 2.45. The number of benzene rings is 1. The quantitative estimate of drug-likeness (QED) is 0.787. The van der Waals surface area contributed by atoms with Gasteiger partial charge in [-0.1, -0.05) is 29.3 Å². The van der Waals surface area contributed by atoms with Crippen LogP contribution in [0, 0.1) is 0 Å². The van der Waals surface area contributed by atoms with Crippen molar-refractivity contribution in [3.8, 4) is 11.6 Å². The van der Waals surface area contributed by atoms with E-state index >= 15 is 0 Å². The molecule has 0 aliphatic heterocycles. The maximum absolute atomic E-state index is 11.5. The van der Waals surface area contributed by atoms with Crippen LogP contribution in [-0.2, 0) is 4.74 Å². The van der Waals surface area contributed by atoms with Gasteiger partial charge in [-0.25, -0.2) is 9.78 Å². The Morgan fingerprint density at radius 3 is 2.70 bits per heavy atom. The van der Waals surface area contributed by atoms with Crippen molar-refractivity contribution in [3.05, 3.63) is 52.1 Å². The summed E-state index contributed by atoms with van der Waals surface area (Å²) in [6.45, 7) is 2.05. The van der Waals surface area contributed by atoms with Crippen LogP contribution >= 0.6 is 23.2 Å². The molecule has 2 aromatic rings. The molecule has 0 unspecified atom stereocenters. The van der Waals surface area contributed by atoms with E-state index in [2.05, 4.69) is 4.98 Å². The van der Waals surface area contributed by atoms with Crippen LogP contribution in [0.2, 0.25) is 10.0 Å². The van der Waals surface area contributed by atoms with Crippen LogP contribution in [0.15, 0.2) is 36.5 Å². The molecular formula is C14H11Cl2NO3. The first kappa shape index (κ1) is 14.6. The molecule has 2 rings (SSSR count). The SMILES string of the molecule is CCOC(=O)c1ccc(Oc2cccc(Cl)c2Cl)nc1. The van der Waals surface area contributed by atoms with Gasteiger partial charge in [-0.2, -0.15) is 0 Å². The van der Waals surface area contributed by atoms with E-state index in [-0.39, 0.29) is 0 Å². The van der Waals surface area contributed by atoms with E-state index in [4.69, 9.17) is 32.7 Å². The summed E-state index contributed by atoms with van der Waals surface area (Å²) in [5.74, 6) is 0.283. The Bertz CT molecular complexity index is 614. The summed E-state index contributed by atoms with van der Waals surface area (Å²) in [5.41, 5.74) is 0.358. The molecule has 0 amide bonds. The standard InChI is InChI=1S/C14H11Cl2NO3/c1-2-19-14(18)9-6-7-12(17-8-9)20-11-5-3-4-10(15)13(11)16/h3-8H,2H2,1H3. The molecule has 0 saturated carbocycles. The molecule has 0 atom stereocenters. The van der Waals surface area contributed by atoms with Gasteiger partial charge in [-0.15, -0.1) is 0 Å². The molecule has 0 radical (unpaired) electrons. The van der Waals surface area contributed by atoms with Gasteiger partial charge in [-0.05, 0) is 25.1 Å². The van der Waals surface area contributed by atoms with Crippen LogP contribution in [0.3, 0.4) is 0 Å². The van der Waals surface area contributed by atoms with Crippen LogP contribution in [0.1, 0.15) is 17.3 Å². The summed E-state index contributed by atoms with van der Waals surface area (Å²) in [4.78, 5) is 15.5. The highest BCUT2D eigenvalue weighted by atomic mass is 35.5. The molecule has 0 aliphatic rings. The third-order valence-electron chi connectivity index (χ3n) is 2.38. The van der Waals surface area contributed by atoms with E-state index in [1.807, 2.05) is 0 Å². The smallest absolute Gasteiger partial charge is 0.339 e. The van der Waals surface area contributed by atoms with Gasteiger partial charge in [0, 0.05) is 12.3 Å². The number of hydrogen-bond acceptors (Lipinski definition) is 4. The lowest BCUT2D eigenvalue weighted by atomic mass is 10.3. The Balaban J connectivity index is 2.15. The lowest BCUT2D eigenvalue weighted by Crippen LogP contribution is -2.04. The van der Waals surface area contributed by atoms with Crippen molar-refractivity contribution in [1.29, 1.82) is 0 Å². The maximum atomic E-state index is 11.5. The van der Waals surface area contributed by atoms with Gasteiger partial charge < -0.3 is 9.47 Å². The van der Waals surface area contributed by atoms with Gasteiger partial charge in [0.25, 0.3) is 0 Å². The fourth-order valence-corrected chi connectivity index (χ4v) is 1.78. The number of rotatable bonds is 4. The van der Waals surface area contributed by atoms with Crippen molar-refractivity contribution in [2.75, 3.05) is 6.61 Å². The number of nitrogens with zero attached hydrogens (tertiary/aromatic N) is 1. The van der Waals surface area contributed by atoms with Gasteiger partial charge >= 0.3 is 5.97 Å². The zero-order valence-electron chi connectivity index (χ0n) is 10.6. The van der Waals surface area contributed by atoms with E-state index in [9.17, 15) is 4.79 Å². The largest absolute Gasteiger partial charge is 0.462 e. The van der Waals surface area contributed by atoms with Crippen molar-refractivity contribution in [2.24, 2.45) is 0 Å². The Kier molecular flexibility index (Phi) is 4.82. The van der Waals surface area contributed by atoms with Crippen molar-refractivity contribution >= 4 is 29.2 Å². The van der Waals surface area contributed by atoms with E-state index in [0.29, 0.717) is 33.8 Å². The average molecular weight is 312 g/mol. The minimum Gasteiger partial charge on any atom is -0.462 e. The summed E-state index contributed by atoms with van der Waals surface area (Å²) in [7, 11) is 0. The number of aromatic nitrogens is 1. The molecule has 1 aromatic heterocycles. The molecule has 0 N–H and O–H groups in total. The number of carbonyl (C=O) groups excluding carboxylic acids is 1. The second-order valence-electron chi connectivity index (χ2n) is 3.76. The number of halogens is 2. The molecule has 0 saturated heterocycles. The van der Waals surface area contributed by atoms with Crippen molar-refractivity contribution in [1.82, 2.24) is 4.98 Å². The molecule has 0 bridgehead atoms. The van der Waals surface area contributed by atoms with Crippen LogP contribution in [-0.4, -0.2) is 17.6 Å². The molecule has 20 heavy (non-hydrogen) atoms. The van der Waals surface area contributed by atoms with Gasteiger partial charge in [-0.3, -0.25) is 0 Å². The third-order valence-corrected chi connectivity index (χ3v) is 3.18. The summed E-state index contributed by atoms with van der Waals surface area (Å²) in [6, 6.07) is 8.18. The summed E-state index contributed by atoms with van der Waals surface area (Å²) in [6.07, 6.45) is 1.38. The van der Waals surface area contributed by atoms with Crippen LogP contribution in [0.4, 0.5) is 0 Å². The summed E-state index contributed by atoms with van der Waals surface area (Å²) >= 11 is 11.9. The maximum Gasteiger partial charge on any atom is 0.339 e. The molecule has 1 heterocycles. The monoisotopic (exact) mass is 311 g/mol. The normalized spacial score (nSPS) is 10.2. The predicted octanol–water partition coefficient (Wildman–Crippen LogP) is 4.36. The van der Waals surface area contributed by atoms with E-state index in [1.54, 1.807) is 37.3 Å². The zero-order valence-corrected chi connectivity index (χ0v) is 12.1. The van der Waals surface area contributed by atoms with E-state index in [1.165, 1.54) is 6.20 Å². The van der Waals surface area contributed by atoms with Gasteiger partial charge in [0.05, 0.1) is 17.2 Å². The molecule has 0 spiro atoms. The first-order valence-electron chi connectivity index (χ1n) is 5.87. The van der Waals surface area contributed by atoms with Gasteiger partial charge in [0.1, 0.15) is 10.8 Å². The molecular weight excluding hydrogens is 301 g/mol. The highest BCUT2D eigenvalue weighted by Gasteiger charge is 2.10. The number of carbonyl (C=O) groups is 1. The first-order valence-corrected chi connectivity index (χ1v) is 6.62. The fourth-order valence-electron chi connectivity index (χ4n) is 1.45. The van der Waals surface area contributed by atoms with Crippen molar-refractivity contribution in [3.63, 3.8) is 0 Å². The topological polar surface area (TPSA) is 48.4 Å². The highest BCUT2D eigenvalue weighted by Crippen LogP contribution is 2.33. The predicted molar refractivity (Wildman–Crippen MR) is 76.7 cm³/mol. The van der Waals surface area contributed by atoms with Crippen LogP contribution < -0.4 is 4.74 Å². The minimum atomic E-state index is -0.424. The highest BCUT2D eigenvalue weighted by molar-refractivity contribution is 6.42. The number of esters is 1. The van der Waals surface area contributed by atoms with E-state index in [0.717, 1.165) is 0 Å². The second kappa shape index (κ2) is 6.59. The Labute approximate surface area is 126 Å². The molecule has 104 valence electrons. The third kappa shape index (κ3) is 3.40. The Morgan fingerprint density at radius 1 is 1.25 bits per heavy atom. The number of hydrogen-bond donors (Lipinski definition) is 0. The van der Waals surface area contributed by atoms with Gasteiger partial charge in [0.2, 0.25) is 5.88 Å². The summed E-state index contributed by atoms with van der Waals surface area (Å²) in [5, 5.41) is 0.706. The first-order chi connectivity index (χ1) is 9.61. The second-order valence-corrected chi connectivity index (χ2v) is 4.54. The molecule has 1 aromatic carbocycles. The lowest BCUT2D eigenvalue weighted by Gasteiger charge is -2.08. The lowest BCUT2D eigenvalue weighted by molar-refractivity contribution is 0.0526. The molecule has 6 heteroatoms. The Hall–Kier alpha value is -1.78. The van der Waals surface area contributed by atoms with Crippen LogP contribution in [0.5, 0.6) is 11.6 Å². The van der Waals surface area contributed by atoms with Crippen LogP contribution in [0.25, 0.3) is 0 Å². The Morgan fingerprint density at radius 2 is 2.05 bits per heavy atom. The number of ether oxygens (including phenoxy) is 2. The molecule has 0 aliphatic carbocycles. The van der Waals surface area contributed by atoms with E-state index < -0.39 is 5.97 Å². The minimum absolute atomic E-state index is 0.308. The zero-order chi connectivity index (χ0) is 14.5. The van der Waals surface area contributed by atoms with Crippen molar-refractivity contribution < 1.29 is 14.3 Å².